The van der Waals surface area contributed by atoms with E-state index in [0.29, 0.717) is 37.6 Å². The molecule has 0 saturated heterocycles. The Labute approximate surface area is 206 Å². The minimum Gasteiger partial charge on any atom is -0.494 e. The van der Waals surface area contributed by atoms with Crippen molar-refractivity contribution < 1.29 is 14.3 Å². The number of carbonyl (C=O) groups is 2. The minimum atomic E-state index is -0.635. The molecule has 0 heterocycles. The summed E-state index contributed by atoms with van der Waals surface area (Å²) in [4.78, 5) is 28.2. The number of ether oxygens (including phenoxy) is 1. The molecule has 6 heteroatoms. The fourth-order valence-corrected chi connectivity index (χ4v) is 3.96. The van der Waals surface area contributed by atoms with Crippen molar-refractivity contribution in [1.82, 2.24) is 10.2 Å². The largest absolute Gasteiger partial charge is 0.494 e. The Morgan fingerprint density at radius 3 is 2.29 bits per heavy atom. The first-order valence-electron chi connectivity index (χ1n) is 11.6. The van der Waals surface area contributed by atoms with Crippen LogP contribution in [0.5, 0.6) is 5.75 Å². The van der Waals surface area contributed by atoms with Gasteiger partial charge >= 0.3 is 0 Å². The lowest BCUT2D eigenvalue weighted by atomic mass is 10.0. The van der Waals surface area contributed by atoms with Gasteiger partial charge in [0, 0.05) is 31.0 Å². The second-order valence-corrected chi connectivity index (χ2v) is 8.45. The van der Waals surface area contributed by atoms with E-state index in [1.807, 2.05) is 85.8 Å². The highest BCUT2D eigenvalue weighted by molar-refractivity contribution is 6.30. The van der Waals surface area contributed by atoms with Crippen LogP contribution in [0.2, 0.25) is 5.02 Å². The van der Waals surface area contributed by atoms with Gasteiger partial charge in [0.2, 0.25) is 11.8 Å². The first-order valence-corrected chi connectivity index (χ1v) is 12.0. The molecule has 0 aliphatic carbocycles. The number of hydrogen-bond acceptors (Lipinski definition) is 3. The molecule has 178 valence electrons. The lowest BCUT2D eigenvalue weighted by Crippen LogP contribution is -2.50. The van der Waals surface area contributed by atoms with Crippen molar-refractivity contribution in [2.24, 2.45) is 0 Å². The maximum Gasteiger partial charge on any atom is 0.243 e. The van der Waals surface area contributed by atoms with Crippen molar-refractivity contribution in [3.8, 4) is 5.75 Å². The van der Waals surface area contributed by atoms with Crippen LogP contribution >= 0.6 is 11.6 Å². The van der Waals surface area contributed by atoms with Crippen LogP contribution in [0.4, 0.5) is 0 Å². The Balaban J connectivity index is 1.77. The second-order valence-electron chi connectivity index (χ2n) is 8.02. The molecule has 0 aliphatic heterocycles. The van der Waals surface area contributed by atoms with E-state index in [1.54, 1.807) is 11.0 Å². The molecular weight excluding hydrogens is 448 g/mol. The van der Waals surface area contributed by atoms with Crippen LogP contribution in [0.3, 0.4) is 0 Å². The van der Waals surface area contributed by atoms with Gasteiger partial charge in [-0.2, -0.15) is 0 Å². The van der Waals surface area contributed by atoms with Gasteiger partial charge in [-0.3, -0.25) is 9.59 Å². The molecule has 0 spiro atoms. The highest BCUT2D eigenvalue weighted by Gasteiger charge is 2.29. The maximum atomic E-state index is 13.4. The van der Waals surface area contributed by atoms with Gasteiger partial charge in [0.25, 0.3) is 0 Å². The van der Waals surface area contributed by atoms with Crippen molar-refractivity contribution in [2.45, 2.75) is 38.8 Å². The van der Waals surface area contributed by atoms with Crippen molar-refractivity contribution in [3.63, 3.8) is 0 Å². The van der Waals surface area contributed by atoms with Gasteiger partial charge in [0.05, 0.1) is 6.61 Å². The number of likely N-dealkylation sites (N-methyl/N-ethyl adjacent to an activating group) is 1. The summed E-state index contributed by atoms with van der Waals surface area (Å²) in [5.41, 5.74) is 1.87. The average Bonchev–Trinajstić information content (AvgIpc) is 2.85. The molecule has 0 aromatic heterocycles. The van der Waals surface area contributed by atoms with Crippen LogP contribution in [-0.4, -0.2) is 35.9 Å². The third-order valence-corrected chi connectivity index (χ3v) is 5.65. The summed E-state index contributed by atoms with van der Waals surface area (Å²) in [7, 11) is 0. The summed E-state index contributed by atoms with van der Waals surface area (Å²) in [6.45, 7) is 3.09. The predicted molar refractivity (Wildman–Crippen MR) is 136 cm³/mol. The summed E-state index contributed by atoms with van der Waals surface area (Å²) in [5, 5.41) is 3.50. The zero-order chi connectivity index (χ0) is 24.2. The van der Waals surface area contributed by atoms with Crippen LogP contribution < -0.4 is 10.1 Å². The summed E-state index contributed by atoms with van der Waals surface area (Å²) in [6.07, 6.45) is 1.25. The Kier molecular flexibility index (Phi) is 9.98. The molecule has 1 N–H and O–H groups in total. The number of benzene rings is 3. The number of para-hydroxylation sites is 1. The number of nitrogens with zero attached hydrogens (tertiary/aromatic N) is 1. The third-order valence-electron chi connectivity index (χ3n) is 5.41. The molecular formula is C28H31ClN2O3. The third kappa shape index (κ3) is 7.92. The highest BCUT2D eigenvalue weighted by atomic mass is 35.5. The zero-order valence-electron chi connectivity index (χ0n) is 19.5. The number of amides is 2. The minimum absolute atomic E-state index is 0.0937. The molecule has 3 aromatic rings. The quantitative estimate of drug-likeness (QED) is 0.360. The van der Waals surface area contributed by atoms with Gasteiger partial charge in [-0.05, 0) is 48.7 Å². The number of hydrogen-bond donors (Lipinski definition) is 1. The summed E-state index contributed by atoms with van der Waals surface area (Å²) >= 11 is 6.19. The average molecular weight is 479 g/mol. The Morgan fingerprint density at radius 1 is 0.941 bits per heavy atom. The van der Waals surface area contributed by atoms with Crippen LogP contribution in [0.15, 0.2) is 84.9 Å². The molecule has 34 heavy (non-hydrogen) atoms. The van der Waals surface area contributed by atoms with E-state index in [0.717, 1.165) is 16.9 Å². The van der Waals surface area contributed by atoms with Crippen molar-refractivity contribution >= 4 is 23.4 Å². The van der Waals surface area contributed by atoms with Crippen molar-refractivity contribution in [2.75, 3.05) is 13.2 Å². The molecule has 0 radical (unpaired) electrons. The lowest BCUT2D eigenvalue weighted by Gasteiger charge is -2.31. The van der Waals surface area contributed by atoms with Gasteiger partial charge < -0.3 is 15.0 Å². The first kappa shape index (κ1) is 25.3. The van der Waals surface area contributed by atoms with Gasteiger partial charge in [-0.25, -0.2) is 0 Å². The monoisotopic (exact) mass is 478 g/mol. The summed E-state index contributed by atoms with van der Waals surface area (Å²) in [5.74, 6) is 0.515. The van der Waals surface area contributed by atoms with E-state index in [2.05, 4.69) is 5.32 Å². The fourth-order valence-electron chi connectivity index (χ4n) is 3.75. The summed E-state index contributed by atoms with van der Waals surface area (Å²) in [6, 6.07) is 26.0. The molecule has 2 amide bonds. The van der Waals surface area contributed by atoms with Gasteiger partial charge in [-0.15, -0.1) is 0 Å². The Hall–Kier alpha value is -3.31. The Bertz CT molecular complexity index is 1040. The molecule has 0 saturated carbocycles. The number of nitrogens with one attached hydrogen (secondary N) is 1. The fraction of sp³-hybridized carbons (Fsp3) is 0.286. The van der Waals surface area contributed by atoms with Crippen molar-refractivity contribution in [3.05, 3.63) is 101 Å². The van der Waals surface area contributed by atoms with Crippen LogP contribution in [0, 0.1) is 0 Å². The van der Waals surface area contributed by atoms with Gasteiger partial charge in [-0.1, -0.05) is 72.3 Å². The zero-order valence-corrected chi connectivity index (χ0v) is 20.2. The molecule has 3 rings (SSSR count). The predicted octanol–water partition coefficient (Wildman–Crippen LogP) is 5.28. The first-order chi connectivity index (χ1) is 16.6. The lowest BCUT2D eigenvalue weighted by molar-refractivity contribution is -0.141. The van der Waals surface area contributed by atoms with Crippen LogP contribution in [-0.2, 0) is 22.6 Å². The van der Waals surface area contributed by atoms with Crippen LogP contribution in [0.25, 0.3) is 0 Å². The normalized spacial score (nSPS) is 11.5. The van der Waals surface area contributed by atoms with E-state index >= 15 is 0 Å². The maximum absolute atomic E-state index is 13.4. The molecule has 0 unspecified atom stereocenters. The highest BCUT2D eigenvalue weighted by Crippen LogP contribution is 2.19. The number of rotatable bonds is 12. The number of halogens is 1. The smallest absolute Gasteiger partial charge is 0.243 e. The summed E-state index contributed by atoms with van der Waals surface area (Å²) < 4.78 is 5.74. The van der Waals surface area contributed by atoms with E-state index < -0.39 is 6.04 Å². The molecule has 1 atom stereocenters. The topological polar surface area (TPSA) is 58.6 Å². The molecule has 0 aliphatic rings. The van der Waals surface area contributed by atoms with E-state index in [-0.39, 0.29) is 18.2 Å². The van der Waals surface area contributed by atoms with Gasteiger partial charge in [0.15, 0.2) is 0 Å². The van der Waals surface area contributed by atoms with Crippen LogP contribution in [0.1, 0.15) is 30.9 Å². The van der Waals surface area contributed by atoms with E-state index in [9.17, 15) is 9.59 Å². The molecule has 5 nitrogen and oxygen atoms in total. The number of carbonyl (C=O) groups excluding carboxylic acids is 2. The molecule has 0 bridgehead atoms. The van der Waals surface area contributed by atoms with Crippen molar-refractivity contribution in [1.29, 1.82) is 0 Å². The molecule has 0 fully saturated rings. The van der Waals surface area contributed by atoms with E-state index in [1.165, 1.54) is 0 Å². The second kappa shape index (κ2) is 13.4. The standard InChI is InChI=1S/C28H31ClN2O3/c1-2-30-28(33)26(20-22-11-5-3-6-12-22)31(21-23-13-9-14-24(29)19-23)27(32)17-10-18-34-25-15-7-4-8-16-25/h3-9,11-16,19,26H,2,10,17-18,20-21H2,1H3,(H,30,33)/t26-/m0/s1. The Morgan fingerprint density at radius 2 is 1.62 bits per heavy atom. The van der Waals surface area contributed by atoms with Gasteiger partial charge in [0.1, 0.15) is 11.8 Å². The van der Waals surface area contributed by atoms with E-state index in [4.69, 9.17) is 16.3 Å². The SMILES string of the molecule is CCNC(=O)[C@H](Cc1ccccc1)N(Cc1cccc(Cl)c1)C(=O)CCCOc1ccccc1. The molecule has 3 aromatic carbocycles.